The maximum Gasteiger partial charge on any atom is 0.132 e. The minimum Gasteiger partial charge on any atom is -0.488 e. The molecule has 3 heteroatoms. The Morgan fingerprint density at radius 2 is 1.67 bits per heavy atom. The maximum atomic E-state index is 10.6. The molecule has 0 unspecified atom stereocenters. The number of aryl methyl sites for hydroxylation is 2. The van der Waals surface area contributed by atoms with Crippen molar-refractivity contribution < 1.29 is 9.84 Å². The third-order valence-electron chi connectivity index (χ3n) is 5.38. The summed E-state index contributed by atoms with van der Waals surface area (Å²) in [6.07, 6.45) is 3.51. The normalized spacial score (nSPS) is 12.1. The first kappa shape index (κ1) is 20.1. The summed E-state index contributed by atoms with van der Waals surface area (Å²) in [6, 6.07) is 26.6. The Hall–Kier alpha value is -3.17. The Kier molecular flexibility index (Phi) is 6.41. The van der Waals surface area contributed by atoms with Gasteiger partial charge in [0.15, 0.2) is 0 Å². The molecule has 0 radical (unpaired) electrons. The molecule has 30 heavy (non-hydrogen) atoms. The van der Waals surface area contributed by atoms with E-state index in [1.807, 2.05) is 30.3 Å². The van der Waals surface area contributed by atoms with Gasteiger partial charge in [0, 0.05) is 11.6 Å². The summed E-state index contributed by atoms with van der Waals surface area (Å²) in [6.45, 7) is 2.58. The Labute approximate surface area is 178 Å². The largest absolute Gasteiger partial charge is 0.488 e. The van der Waals surface area contributed by atoms with Crippen molar-refractivity contribution in [2.24, 2.45) is 0 Å². The smallest absolute Gasteiger partial charge is 0.132 e. The van der Waals surface area contributed by atoms with E-state index in [0.717, 1.165) is 39.8 Å². The topological polar surface area (TPSA) is 42.4 Å². The summed E-state index contributed by atoms with van der Waals surface area (Å²) in [5.74, 6) is 0.868. The standard InChI is InChI=1S/C27H27NO2/c1-20-9-11-21(12-10-20)18-24(29)15-13-23-14-16-26-25(8-5-17-28-26)27(23)30-19-22-6-3-2-4-7-22/h2-12,14,16-17,24,29H,13,15,18-19H2,1H3/t24-/m0/s1. The monoisotopic (exact) mass is 397 g/mol. The molecule has 0 amide bonds. The summed E-state index contributed by atoms with van der Waals surface area (Å²) in [5.41, 5.74) is 5.55. The summed E-state index contributed by atoms with van der Waals surface area (Å²) < 4.78 is 6.28. The molecule has 0 bridgehead atoms. The van der Waals surface area contributed by atoms with Crippen molar-refractivity contribution in [3.8, 4) is 5.75 Å². The Morgan fingerprint density at radius 1 is 0.867 bits per heavy atom. The van der Waals surface area contributed by atoms with Gasteiger partial charge in [-0.15, -0.1) is 0 Å². The number of pyridine rings is 1. The van der Waals surface area contributed by atoms with Crippen LogP contribution in [0, 0.1) is 6.92 Å². The van der Waals surface area contributed by atoms with E-state index >= 15 is 0 Å². The number of hydrogen-bond acceptors (Lipinski definition) is 3. The second-order valence-corrected chi connectivity index (χ2v) is 7.78. The van der Waals surface area contributed by atoms with Crippen LogP contribution in [0.15, 0.2) is 85.1 Å². The summed E-state index contributed by atoms with van der Waals surface area (Å²) in [5, 5.41) is 11.6. The molecule has 1 atom stereocenters. The fourth-order valence-electron chi connectivity index (χ4n) is 3.69. The average Bonchev–Trinajstić information content (AvgIpc) is 2.78. The van der Waals surface area contributed by atoms with Gasteiger partial charge in [0.2, 0.25) is 0 Å². The van der Waals surface area contributed by atoms with Gasteiger partial charge in [0.25, 0.3) is 0 Å². The average molecular weight is 398 g/mol. The van der Waals surface area contributed by atoms with Gasteiger partial charge in [-0.05, 0) is 61.1 Å². The summed E-state index contributed by atoms with van der Waals surface area (Å²) in [4.78, 5) is 4.47. The van der Waals surface area contributed by atoms with Crippen molar-refractivity contribution in [3.05, 3.63) is 107 Å². The second-order valence-electron chi connectivity index (χ2n) is 7.78. The van der Waals surface area contributed by atoms with Crippen LogP contribution in [0.3, 0.4) is 0 Å². The Balaban J connectivity index is 1.50. The Morgan fingerprint density at radius 3 is 2.47 bits per heavy atom. The molecular formula is C27H27NO2. The van der Waals surface area contributed by atoms with Crippen LogP contribution in [-0.2, 0) is 19.4 Å². The van der Waals surface area contributed by atoms with Crippen LogP contribution >= 0.6 is 0 Å². The summed E-state index contributed by atoms with van der Waals surface area (Å²) in [7, 11) is 0. The first-order valence-corrected chi connectivity index (χ1v) is 10.5. The van der Waals surface area contributed by atoms with Crippen molar-refractivity contribution in [1.82, 2.24) is 4.98 Å². The first-order valence-electron chi connectivity index (χ1n) is 10.5. The second kappa shape index (κ2) is 9.55. The van der Waals surface area contributed by atoms with E-state index in [4.69, 9.17) is 4.74 Å². The van der Waals surface area contributed by atoms with Crippen LogP contribution in [0.25, 0.3) is 10.9 Å². The number of aliphatic hydroxyl groups is 1. The zero-order valence-electron chi connectivity index (χ0n) is 17.3. The number of nitrogens with zero attached hydrogens (tertiary/aromatic N) is 1. The lowest BCUT2D eigenvalue weighted by Crippen LogP contribution is -2.12. The number of aromatic nitrogens is 1. The van der Waals surface area contributed by atoms with E-state index in [1.165, 1.54) is 5.56 Å². The van der Waals surface area contributed by atoms with Crippen LogP contribution in [0.2, 0.25) is 0 Å². The van der Waals surface area contributed by atoms with Crippen molar-refractivity contribution in [2.75, 3.05) is 0 Å². The lowest BCUT2D eigenvalue weighted by Gasteiger charge is -2.16. The first-order chi connectivity index (χ1) is 14.7. The Bertz CT molecular complexity index is 1090. The van der Waals surface area contributed by atoms with Gasteiger partial charge in [-0.25, -0.2) is 0 Å². The molecule has 0 fully saturated rings. The van der Waals surface area contributed by atoms with Gasteiger partial charge < -0.3 is 9.84 Å². The molecule has 4 rings (SSSR count). The number of aliphatic hydroxyl groups excluding tert-OH is 1. The minimum atomic E-state index is -0.390. The fraction of sp³-hybridized carbons (Fsp3) is 0.222. The van der Waals surface area contributed by atoms with Crippen LogP contribution < -0.4 is 4.74 Å². The van der Waals surface area contributed by atoms with E-state index in [-0.39, 0.29) is 6.10 Å². The number of benzene rings is 3. The highest BCUT2D eigenvalue weighted by atomic mass is 16.5. The molecule has 3 aromatic carbocycles. The van der Waals surface area contributed by atoms with E-state index in [1.54, 1.807) is 6.20 Å². The van der Waals surface area contributed by atoms with Crippen LogP contribution in [-0.4, -0.2) is 16.2 Å². The highest BCUT2D eigenvalue weighted by molar-refractivity contribution is 5.86. The molecule has 0 spiro atoms. The van der Waals surface area contributed by atoms with Crippen molar-refractivity contribution >= 4 is 10.9 Å². The molecule has 1 N–H and O–H groups in total. The molecule has 0 aliphatic rings. The van der Waals surface area contributed by atoms with Crippen molar-refractivity contribution in [2.45, 2.75) is 38.9 Å². The molecule has 4 aromatic rings. The molecule has 1 aromatic heterocycles. The molecule has 152 valence electrons. The number of ether oxygens (including phenoxy) is 1. The van der Waals surface area contributed by atoms with Crippen LogP contribution in [0.1, 0.15) is 28.7 Å². The summed E-state index contributed by atoms with van der Waals surface area (Å²) >= 11 is 0. The molecule has 0 aliphatic carbocycles. The van der Waals surface area contributed by atoms with Gasteiger partial charge in [-0.1, -0.05) is 66.2 Å². The highest BCUT2D eigenvalue weighted by Gasteiger charge is 2.13. The van der Waals surface area contributed by atoms with E-state index in [2.05, 4.69) is 60.4 Å². The van der Waals surface area contributed by atoms with Gasteiger partial charge >= 0.3 is 0 Å². The zero-order valence-corrected chi connectivity index (χ0v) is 17.3. The molecule has 1 heterocycles. The van der Waals surface area contributed by atoms with Gasteiger partial charge in [-0.2, -0.15) is 0 Å². The number of fused-ring (bicyclic) bond motifs is 1. The molecule has 0 aliphatic heterocycles. The SMILES string of the molecule is Cc1ccc(C[C@@H](O)CCc2ccc3ncccc3c2OCc2ccccc2)cc1. The van der Waals surface area contributed by atoms with E-state index in [0.29, 0.717) is 19.4 Å². The molecule has 0 saturated heterocycles. The number of rotatable bonds is 8. The highest BCUT2D eigenvalue weighted by Crippen LogP contribution is 2.31. The predicted octanol–water partition coefficient (Wildman–Crippen LogP) is 5.66. The maximum absolute atomic E-state index is 10.6. The zero-order chi connectivity index (χ0) is 20.8. The van der Waals surface area contributed by atoms with Gasteiger partial charge in [-0.3, -0.25) is 4.98 Å². The van der Waals surface area contributed by atoms with Gasteiger partial charge in [0.05, 0.1) is 11.6 Å². The molecule has 3 nitrogen and oxygen atoms in total. The van der Waals surface area contributed by atoms with E-state index < -0.39 is 0 Å². The van der Waals surface area contributed by atoms with Crippen LogP contribution in [0.5, 0.6) is 5.75 Å². The molecule has 0 saturated carbocycles. The third kappa shape index (κ3) is 5.05. The lowest BCUT2D eigenvalue weighted by atomic mass is 9.99. The van der Waals surface area contributed by atoms with E-state index in [9.17, 15) is 5.11 Å². The predicted molar refractivity (Wildman–Crippen MR) is 122 cm³/mol. The minimum absolute atomic E-state index is 0.390. The lowest BCUT2D eigenvalue weighted by molar-refractivity contribution is 0.164. The van der Waals surface area contributed by atoms with Crippen LogP contribution in [0.4, 0.5) is 0 Å². The fourth-order valence-corrected chi connectivity index (χ4v) is 3.69. The third-order valence-corrected chi connectivity index (χ3v) is 5.38. The van der Waals surface area contributed by atoms with Crippen molar-refractivity contribution in [3.63, 3.8) is 0 Å². The van der Waals surface area contributed by atoms with Crippen molar-refractivity contribution in [1.29, 1.82) is 0 Å². The van der Waals surface area contributed by atoms with Gasteiger partial charge in [0.1, 0.15) is 12.4 Å². The number of hydrogen-bond donors (Lipinski definition) is 1. The quantitative estimate of drug-likeness (QED) is 0.417. The molecular weight excluding hydrogens is 370 g/mol.